The molecule has 0 spiro atoms. The zero-order chi connectivity index (χ0) is 13.4. The first-order valence-electron chi connectivity index (χ1n) is 6.79. The maximum absolute atomic E-state index is 4.23. The summed E-state index contributed by atoms with van der Waals surface area (Å²) in [5.41, 5.74) is 4.90. The van der Waals surface area contributed by atoms with Crippen molar-refractivity contribution in [3.63, 3.8) is 0 Å². The Labute approximate surface area is 114 Å². The lowest BCUT2D eigenvalue weighted by Crippen LogP contribution is -2.38. The number of hydrogen-bond donors (Lipinski definition) is 1. The molecule has 4 heteroatoms. The van der Waals surface area contributed by atoms with Gasteiger partial charge in [-0.05, 0) is 31.5 Å². The molecule has 1 aliphatic rings. The van der Waals surface area contributed by atoms with Crippen molar-refractivity contribution in [3.05, 3.63) is 30.6 Å². The van der Waals surface area contributed by atoms with Crippen LogP contribution in [0.2, 0.25) is 0 Å². The van der Waals surface area contributed by atoms with Crippen molar-refractivity contribution in [3.8, 4) is 11.1 Å². The third-order valence-electron chi connectivity index (χ3n) is 3.64. The minimum Gasteiger partial charge on any atom is -0.382 e. The molecule has 0 radical (unpaired) electrons. The predicted octanol–water partition coefficient (Wildman–Crippen LogP) is 2.73. The molecule has 0 saturated carbocycles. The molecule has 100 valence electrons. The maximum atomic E-state index is 4.23. The molecule has 0 atom stereocenters. The second-order valence-corrected chi connectivity index (χ2v) is 5.35. The standard InChI is InChI=1S/C15H20N4/c1-11(2)19-7-6-16-14-8-12(4-5-15(14)19)13-9-17-18(3)10-13/h4-5,8-11,16H,6-7H2,1-3H3. The van der Waals surface area contributed by atoms with Gasteiger partial charge in [0.25, 0.3) is 0 Å². The lowest BCUT2D eigenvalue weighted by molar-refractivity contribution is 0.681. The van der Waals surface area contributed by atoms with Gasteiger partial charge in [0.1, 0.15) is 0 Å². The van der Waals surface area contributed by atoms with Gasteiger partial charge in [0.15, 0.2) is 0 Å². The molecule has 0 bridgehead atoms. The molecule has 2 heterocycles. The van der Waals surface area contributed by atoms with Crippen LogP contribution in [0, 0.1) is 0 Å². The Bertz CT molecular complexity index is 586. The molecular weight excluding hydrogens is 236 g/mol. The van der Waals surface area contributed by atoms with E-state index in [0.29, 0.717) is 6.04 Å². The van der Waals surface area contributed by atoms with Crippen molar-refractivity contribution in [1.29, 1.82) is 0 Å². The van der Waals surface area contributed by atoms with E-state index in [0.717, 1.165) is 18.7 Å². The lowest BCUT2D eigenvalue weighted by atomic mass is 10.1. The third-order valence-corrected chi connectivity index (χ3v) is 3.64. The van der Waals surface area contributed by atoms with Crippen LogP contribution in [0.1, 0.15) is 13.8 Å². The highest BCUT2D eigenvalue weighted by Crippen LogP contribution is 2.34. The van der Waals surface area contributed by atoms with E-state index < -0.39 is 0 Å². The van der Waals surface area contributed by atoms with Gasteiger partial charge in [-0.2, -0.15) is 5.10 Å². The topological polar surface area (TPSA) is 33.1 Å². The molecule has 0 saturated heterocycles. The van der Waals surface area contributed by atoms with Gasteiger partial charge in [0, 0.05) is 37.9 Å². The van der Waals surface area contributed by atoms with Crippen molar-refractivity contribution in [2.24, 2.45) is 7.05 Å². The number of rotatable bonds is 2. The van der Waals surface area contributed by atoms with Crippen LogP contribution in [-0.2, 0) is 7.05 Å². The number of aromatic nitrogens is 2. The highest BCUT2D eigenvalue weighted by atomic mass is 15.2. The highest BCUT2D eigenvalue weighted by Gasteiger charge is 2.19. The second-order valence-electron chi connectivity index (χ2n) is 5.35. The van der Waals surface area contributed by atoms with Crippen molar-refractivity contribution in [2.75, 3.05) is 23.3 Å². The van der Waals surface area contributed by atoms with Crippen LogP contribution in [-0.4, -0.2) is 28.9 Å². The van der Waals surface area contributed by atoms with Crippen LogP contribution in [0.25, 0.3) is 11.1 Å². The van der Waals surface area contributed by atoms with Crippen LogP contribution in [0.5, 0.6) is 0 Å². The molecule has 1 aliphatic heterocycles. The van der Waals surface area contributed by atoms with Crippen molar-refractivity contribution in [2.45, 2.75) is 19.9 Å². The Morgan fingerprint density at radius 3 is 2.79 bits per heavy atom. The molecule has 0 fully saturated rings. The Morgan fingerprint density at radius 1 is 1.26 bits per heavy atom. The van der Waals surface area contributed by atoms with Gasteiger partial charge in [-0.1, -0.05) is 6.07 Å². The van der Waals surface area contributed by atoms with Gasteiger partial charge in [-0.25, -0.2) is 0 Å². The maximum Gasteiger partial charge on any atom is 0.0605 e. The molecule has 19 heavy (non-hydrogen) atoms. The fraction of sp³-hybridized carbons (Fsp3) is 0.400. The van der Waals surface area contributed by atoms with Crippen LogP contribution < -0.4 is 10.2 Å². The first kappa shape index (κ1) is 12.1. The monoisotopic (exact) mass is 256 g/mol. The van der Waals surface area contributed by atoms with Gasteiger partial charge < -0.3 is 10.2 Å². The molecule has 1 aromatic heterocycles. The van der Waals surface area contributed by atoms with Crippen LogP contribution >= 0.6 is 0 Å². The zero-order valence-corrected chi connectivity index (χ0v) is 11.7. The number of benzene rings is 1. The second kappa shape index (κ2) is 4.61. The summed E-state index contributed by atoms with van der Waals surface area (Å²) in [6, 6.07) is 7.15. The molecule has 0 amide bonds. The van der Waals surface area contributed by atoms with E-state index in [1.165, 1.54) is 16.9 Å². The van der Waals surface area contributed by atoms with E-state index in [2.05, 4.69) is 47.4 Å². The molecule has 4 nitrogen and oxygen atoms in total. The van der Waals surface area contributed by atoms with Crippen molar-refractivity contribution in [1.82, 2.24) is 9.78 Å². The van der Waals surface area contributed by atoms with Crippen molar-refractivity contribution >= 4 is 11.4 Å². The summed E-state index contributed by atoms with van der Waals surface area (Å²) in [5, 5.41) is 7.73. The summed E-state index contributed by atoms with van der Waals surface area (Å²) < 4.78 is 1.84. The van der Waals surface area contributed by atoms with E-state index in [1.54, 1.807) is 0 Å². The van der Waals surface area contributed by atoms with E-state index in [9.17, 15) is 0 Å². The fourth-order valence-corrected chi connectivity index (χ4v) is 2.65. The molecular formula is C15H20N4. The van der Waals surface area contributed by atoms with Crippen LogP contribution in [0.15, 0.2) is 30.6 Å². The minimum absolute atomic E-state index is 0.532. The van der Waals surface area contributed by atoms with E-state index in [-0.39, 0.29) is 0 Å². The summed E-state index contributed by atoms with van der Waals surface area (Å²) >= 11 is 0. The SMILES string of the molecule is CC(C)N1CCNc2cc(-c3cnn(C)c3)ccc21. The van der Waals surface area contributed by atoms with Gasteiger partial charge in [-0.3, -0.25) is 4.68 Å². The lowest BCUT2D eigenvalue weighted by Gasteiger charge is -2.35. The number of nitrogens with one attached hydrogen (secondary N) is 1. The average Bonchev–Trinajstić information content (AvgIpc) is 2.84. The van der Waals surface area contributed by atoms with Gasteiger partial charge >= 0.3 is 0 Å². The molecule has 1 N–H and O–H groups in total. The Hall–Kier alpha value is -1.97. The first-order valence-corrected chi connectivity index (χ1v) is 6.79. The molecule has 2 aromatic rings. The van der Waals surface area contributed by atoms with Gasteiger partial charge in [-0.15, -0.1) is 0 Å². The Kier molecular flexibility index (Phi) is 2.93. The van der Waals surface area contributed by atoms with Crippen LogP contribution in [0.3, 0.4) is 0 Å². The number of anilines is 2. The van der Waals surface area contributed by atoms with E-state index >= 15 is 0 Å². The van der Waals surface area contributed by atoms with Gasteiger partial charge in [0.05, 0.1) is 17.6 Å². The minimum atomic E-state index is 0.532. The molecule has 0 unspecified atom stereocenters. The molecule has 1 aromatic carbocycles. The summed E-state index contributed by atoms with van der Waals surface area (Å²) in [4.78, 5) is 2.44. The smallest absolute Gasteiger partial charge is 0.0605 e. The van der Waals surface area contributed by atoms with Crippen LogP contribution in [0.4, 0.5) is 11.4 Å². The first-order chi connectivity index (χ1) is 9.15. The number of hydrogen-bond acceptors (Lipinski definition) is 3. The molecule has 0 aliphatic carbocycles. The summed E-state index contributed by atoms with van der Waals surface area (Å²) in [6.07, 6.45) is 3.95. The zero-order valence-electron chi connectivity index (χ0n) is 11.7. The summed E-state index contributed by atoms with van der Waals surface area (Å²) in [5.74, 6) is 0. The summed E-state index contributed by atoms with van der Waals surface area (Å²) in [6.45, 7) is 6.55. The fourth-order valence-electron chi connectivity index (χ4n) is 2.65. The largest absolute Gasteiger partial charge is 0.382 e. The third kappa shape index (κ3) is 2.18. The highest BCUT2D eigenvalue weighted by molar-refractivity contribution is 5.79. The quantitative estimate of drug-likeness (QED) is 0.897. The number of nitrogens with zero attached hydrogens (tertiary/aromatic N) is 3. The van der Waals surface area contributed by atoms with Gasteiger partial charge in [0.2, 0.25) is 0 Å². The van der Waals surface area contributed by atoms with E-state index in [4.69, 9.17) is 0 Å². The van der Waals surface area contributed by atoms with E-state index in [1.807, 2.05) is 24.1 Å². The van der Waals surface area contributed by atoms with Crippen molar-refractivity contribution < 1.29 is 0 Å². The normalized spacial score (nSPS) is 14.4. The number of fused-ring (bicyclic) bond motifs is 1. The average molecular weight is 256 g/mol. The predicted molar refractivity (Wildman–Crippen MR) is 79.6 cm³/mol. The Balaban J connectivity index is 2.00. The molecule has 3 rings (SSSR count). The summed E-state index contributed by atoms with van der Waals surface area (Å²) in [7, 11) is 1.95. The number of aryl methyl sites for hydroxylation is 1. The Morgan fingerprint density at radius 2 is 2.11 bits per heavy atom.